The van der Waals surface area contributed by atoms with Gasteiger partial charge in [-0.05, 0) is 42.5 Å². The number of nitrogens with one attached hydrogen (secondary N) is 1. The minimum Gasteiger partial charge on any atom is -0.338 e. The van der Waals surface area contributed by atoms with Crippen LogP contribution in [0, 0.1) is 5.92 Å². The van der Waals surface area contributed by atoms with Crippen molar-refractivity contribution in [3.8, 4) is 11.4 Å². The number of aromatic amines is 1. The van der Waals surface area contributed by atoms with Gasteiger partial charge < -0.3 is 4.98 Å². The monoisotopic (exact) mass is 325 g/mol. The van der Waals surface area contributed by atoms with Crippen molar-refractivity contribution in [2.24, 2.45) is 5.92 Å². The highest BCUT2D eigenvalue weighted by molar-refractivity contribution is 7.16. The topological polar surface area (TPSA) is 41.6 Å². The van der Waals surface area contributed by atoms with Crippen molar-refractivity contribution in [3.05, 3.63) is 41.7 Å². The number of hydrogen-bond acceptors (Lipinski definition) is 3. The van der Waals surface area contributed by atoms with E-state index in [1.54, 1.807) is 11.3 Å². The first-order valence-corrected chi connectivity index (χ1v) is 9.20. The number of fused-ring (bicyclic) bond motifs is 1. The summed E-state index contributed by atoms with van der Waals surface area (Å²) in [5, 5.41) is 0. The number of rotatable bonds is 6. The maximum absolute atomic E-state index is 4.60. The van der Waals surface area contributed by atoms with Crippen molar-refractivity contribution in [1.82, 2.24) is 15.0 Å². The van der Waals surface area contributed by atoms with E-state index in [2.05, 4.69) is 60.0 Å². The smallest absolute Gasteiger partial charge is 0.137 e. The highest BCUT2D eigenvalue weighted by atomic mass is 32.1. The average Bonchev–Trinajstić information content (AvgIpc) is 3.21. The van der Waals surface area contributed by atoms with E-state index in [0.29, 0.717) is 5.92 Å². The van der Waals surface area contributed by atoms with Crippen molar-refractivity contribution < 1.29 is 0 Å². The van der Waals surface area contributed by atoms with Crippen LogP contribution in [-0.4, -0.2) is 15.0 Å². The van der Waals surface area contributed by atoms with E-state index in [-0.39, 0.29) is 0 Å². The fourth-order valence-electron chi connectivity index (χ4n) is 3.00. The molecule has 0 saturated heterocycles. The van der Waals surface area contributed by atoms with E-state index in [0.717, 1.165) is 29.0 Å². The quantitative estimate of drug-likeness (QED) is 0.611. The Labute approximate surface area is 141 Å². The van der Waals surface area contributed by atoms with Gasteiger partial charge in [0.05, 0.1) is 27.6 Å². The second-order valence-electron chi connectivity index (χ2n) is 5.94. The molecule has 0 aliphatic rings. The van der Waals surface area contributed by atoms with E-state index >= 15 is 0 Å². The fraction of sp³-hybridized carbons (Fsp3) is 0.368. The predicted octanol–water partition coefficient (Wildman–Crippen LogP) is 5.92. The summed E-state index contributed by atoms with van der Waals surface area (Å²) in [7, 11) is 0. The lowest BCUT2D eigenvalue weighted by Crippen LogP contribution is -1.99. The van der Waals surface area contributed by atoms with Crippen LogP contribution in [0.3, 0.4) is 0 Å². The van der Waals surface area contributed by atoms with Gasteiger partial charge in [0.15, 0.2) is 0 Å². The van der Waals surface area contributed by atoms with E-state index in [1.165, 1.54) is 23.1 Å². The zero-order valence-corrected chi connectivity index (χ0v) is 14.8. The summed E-state index contributed by atoms with van der Waals surface area (Å²) in [6, 6.07) is 6.34. The molecule has 3 rings (SSSR count). The second kappa shape index (κ2) is 7.09. The lowest BCUT2D eigenvalue weighted by Gasteiger charge is -2.13. The van der Waals surface area contributed by atoms with Crippen LogP contribution in [0.25, 0.3) is 27.2 Å². The molecule has 1 unspecified atom stereocenters. The van der Waals surface area contributed by atoms with Crippen LogP contribution in [-0.2, 0) is 0 Å². The maximum Gasteiger partial charge on any atom is 0.137 e. The fourth-order valence-corrected chi connectivity index (χ4v) is 3.66. The first-order chi connectivity index (χ1) is 11.2. The Morgan fingerprint density at radius 2 is 2.17 bits per heavy atom. The van der Waals surface area contributed by atoms with Gasteiger partial charge >= 0.3 is 0 Å². The Morgan fingerprint density at radius 1 is 1.30 bits per heavy atom. The highest BCUT2D eigenvalue weighted by Gasteiger charge is 2.13. The van der Waals surface area contributed by atoms with Crippen LogP contribution in [0.2, 0.25) is 0 Å². The van der Waals surface area contributed by atoms with Gasteiger partial charge in [-0.25, -0.2) is 9.97 Å². The molecule has 1 aromatic carbocycles. The summed E-state index contributed by atoms with van der Waals surface area (Å²) in [6.45, 7) is 6.72. The molecule has 2 aromatic heterocycles. The predicted molar refractivity (Wildman–Crippen MR) is 99.5 cm³/mol. The van der Waals surface area contributed by atoms with Crippen molar-refractivity contribution in [1.29, 1.82) is 0 Å². The first kappa shape index (κ1) is 15.9. The Hall–Kier alpha value is -1.94. The summed E-state index contributed by atoms with van der Waals surface area (Å²) in [6.07, 6.45) is 7.73. The lowest BCUT2D eigenvalue weighted by atomic mass is 9.93. The second-order valence-corrected chi connectivity index (χ2v) is 6.82. The van der Waals surface area contributed by atoms with Crippen LogP contribution in [0.5, 0.6) is 0 Å². The Bertz CT molecular complexity index is 813. The molecule has 0 aliphatic heterocycles. The maximum atomic E-state index is 4.60. The molecule has 2 heterocycles. The van der Waals surface area contributed by atoms with Gasteiger partial charge in [-0.3, -0.25) is 0 Å². The van der Waals surface area contributed by atoms with E-state index in [4.69, 9.17) is 0 Å². The zero-order chi connectivity index (χ0) is 16.2. The van der Waals surface area contributed by atoms with Gasteiger partial charge in [0.25, 0.3) is 0 Å². The number of hydrogen-bond donors (Lipinski definition) is 1. The number of H-pyrrole nitrogens is 1. The van der Waals surface area contributed by atoms with Gasteiger partial charge in [-0.15, -0.1) is 11.3 Å². The molecule has 120 valence electrons. The van der Waals surface area contributed by atoms with Crippen LogP contribution in [0.15, 0.2) is 36.0 Å². The standard InChI is InChI=1S/C19H23N3S/c1-4-6-13(3)15(7-5-2)17-11-20-19(22-17)14-8-9-18-16(10-14)21-12-23-18/h7-13H,4-6H2,1-3H3,(H,20,22). The van der Waals surface area contributed by atoms with Gasteiger partial charge in [0, 0.05) is 5.56 Å². The summed E-state index contributed by atoms with van der Waals surface area (Å²) < 4.78 is 1.21. The minimum atomic E-state index is 0.550. The molecule has 1 N–H and O–H groups in total. The summed E-state index contributed by atoms with van der Waals surface area (Å²) in [4.78, 5) is 12.5. The van der Waals surface area contributed by atoms with Gasteiger partial charge in [-0.2, -0.15) is 0 Å². The molecule has 0 amide bonds. The number of benzene rings is 1. The first-order valence-electron chi connectivity index (χ1n) is 8.32. The third kappa shape index (κ3) is 3.37. The lowest BCUT2D eigenvalue weighted by molar-refractivity contribution is 0.647. The number of aromatic nitrogens is 3. The molecule has 3 nitrogen and oxygen atoms in total. The van der Waals surface area contributed by atoms with E-state index < -0.39 is 0 Å². The molecule has 0 aliphatic carbocycles. The molecule has 3 aromatic rings. The van der Waals surface area contributed by atoms with Gasteiger partial charge in [-0.1, -0.05) is 33.3 Å². The van der Waals surface area contributed by atoms with Gasteiger partial charge in [0.1, 0.15) is 5.82 Å². The molecular weight excluding hydrogens is 302 g/mol. The molecule has 0 bridgehead atoms. The number of allylic oxidation sites excluding steroid dienone is 2. The average molecular weight is 325 g/mol. The third-order valence-electron chi connectivity index (χ3n) is 4.17. The SMILES string of the molecule is CCC=C(c1cnc(-c2ccc3scnc3c2)[nH]1)C(C)CCC. The molecule has 0 spiro atoms. The highest BCUT2D eigenvalue weighted by Crippen LogP contribution is 2.29. The summed E-state index contributed by atoms with van der Waals surface area (Å²) >= 11 is 1.67. The Balaban J connectivity index is 1.93. The van der Waals surface area contributed by atoms with Crippen molar-refractivity contribution in [2.45, 2.75) is 40.0 Å². The number of nitrogens with zero attached hydrogens (tertiary/aromatic N) is 2. The molecule has 0 radical (unpaired) electrons. The molecule has 0 fully saturated rings. The van der Waals surface area contributed by atoms with Crippen molar-refractivity contribution in [2.75, 3.05) is 0 Å². The van der Waals surface area contributed by atoms with Crippen molar-refractivity contribution >= 4 is 27.1 Å². The summed E-state index contributed by atoms with van der Waals surface area (Å²) in [5.41, 5.74) is 6.53. The van der Waals surface area contributed by atoms with Crippen LogP contribution in [0.1, 0.15) is 45.7 Å². The number of thiazole rings is 1. The Morgan fingerprint density at radius 3 is 2.96 bits per heavy atom. The third-order valence-corrected chi connectivity index (χ3v) is 4.98. The minimum absolute atomic E-state index is 0.550. The number of imidazole rings is 1. The Kier molecular flexibility index (Phi) is 4.91. The molecule has 1 atom stereocenters. The molecule has 23 heavy (non-hydrogen) atoms. The zero-order valence-electron chi connectivity index (χ0n) is 14.0. The van der Waals surface area contributed by atoms with Gasteiger partial charge in [0.2, 0.25) is 0 Å². The van der Waals surface area contributed by atoms with Crippen molar-refractivity contribution in [3.63, 3.8) is 0 Å². The molecule has 0 saturated carbocycles. The normalized spacial score (nSPS) is 13.6. The molecule has 4 heteroatoms. The van der Waals surface area contributed by atoms with E-state index in [9.17, 15) is 0 Å². The van der Waals surface area contributed by atoms with Crippen LogP contribution >= 0.6 is 11.3 Å². The molecular formula is C19H23N3S. The van der Waals surface area contributed by atoms with E-state index in [1.807, 2.05) is 11.7 Å². The summed E-state index contributed by atoms with van der Waals surface area (Å²) in [5.74, 6) is 1.47. The van der Waals surface area contributed by atoms with Crippen LogP contribution < -0.4 is 0 Å². The van der Waals surface area contributed by atoms with Crippen LogP contribution in [0.4, 0.5) is 0 Å². The largest absolute Gasteiger partial charge is 0.338 e.